The molecule has 0 aliphatic carbocycles. The van der Waals surface area contributed by atoms with Gasteiger partial charge >= 0.3 is 5.69 Å². The number of nitrogens with one attached hydrogen (secondary N) is 1. The molecule has 0 saturated carbocycles. The van der Waals surface area contributed by atoms with Crippen LogP contribution in [0.3, 0.4) is 0 Å². The molecule has 0 fully saturated rings. The molecule has 0 spiro atoms. The summed E-state index contributed by atoms with van der Waals surface area (Å²) in [5, 5.41) is 12.9. The average Bonchev–Trinajstić information content (AvgIpc) is 3.24. The molecule has 1 N–H and O–H groups in total. The Balaban J connectivity index is 1.59. The lowest BCUT2D eigenvalue weighted by Crippen LogP contribution is -2.35. The third-order valence-corrected chi connectivity index (χ3v) is 4.47. The Morgan fingerprint density at radius 2 is 2.00 bits per heavy atom. The first-order valence-corrected chi connectivity index (χ1v) is 8.41. The van der Waals surface area contributed by atoms with E-state index in [0.29, 0.717) is 11.5 Å². The Morgan fingerprint density at radius 1 is 1.21 bits per heavy atom. The van der Waals surface area contributed by atoms with Crippen LogP contribution in [0.2, 0.25) is 0 Å². The number of thiophene rings is 1. The van der Waals surface area contributed by atoms with Gasteiger partial charge in [0, 0.05) is 6.54 Å². The number of carbonyl (C=O) groups is 1. The summed E-state index contributed by atoms with van der Waals surface area (Å²) in [4.78, 5) is 24.2. The molecular weight excluding hydrogens is 326 g/mol. The standard InChI is InChI=1S/C16H17N5O2S/c1-12(13-6-3-2-4-7-13)10-17-14(22)11-20-16(23)21(19-18-20)15-8-5-9-24-15/h2-9,12H,10-11H2,1H3,(H,17,22). The molecule has 2 heterocycles. The van der Waals surface area contributed by atoms with Crippen molar-refractivity contribution in [3.8, 4) is 5.00 Å². The van der Waals surface area contributed by atoms with Gasteiger partial charge in [-0.15, -0.1) is 11.3 Å². The van der Waals surface area contributed by atoms with E-state index in [1.807, 2.05) is 48.7 Å². The first-order chi connectivity index (χ1) is 11.6. The summed E-state index contributed by atoms with van der Waals surface area (Å²) in [6, 6.07) is 13.5. The van der Waals surface area contributed by atoms with Gasteiger partial charge in [-0.2, -0.15) is 9.36 Å². The first-order valence-electron chi connectivity index (χ1n) is 7.53. The van der Waals surface area contributed by atoms with Gasteiger partial charge in [0.05, 0.1) is 0 Å². The summed E-state index contributed by atoms with van der Waals surface area (Å²) in [5.41, 5.74) is 0.724. The van der Waals surface area contributed by atoms with Crippen molar-refractivity contribution in [1.29, 1.82) is 0 Å². The molecule has 0 aliphatic rings. The maximum absolute atomic E-state index is 12.2. The minimum atomic E-state index is -0.427. The molecule has 0 saturated heterocycles. The van der Waals surface area contributed by atoms with Gasteiger partial charge in [-0.05, 0) is 39.4 Å². The highest BCUT2D eigenvalue weighted by Gasteiger charge is 2.13. The Kier molecular flexibility index (Phi) is 4.85. The molecule has 124 valence electrons. The number of hydrogen-bond acceptors (Lipinski definition) is 5. The van der Waals surface area contributed by atoms with Crippen LogP contribution in [0.25, 0.3) is 5.00 Å². The normalized spacial score (nSPS) is 12.0. The zero-order valence-electron chi connectivity index (χ0n) is 13.1. The highest BCUT2D eigenvalue weighted by atomic mass is 32.1. The van der Waals surface area contributed by atoms with E-state index in [2.05, 4.69) is 15.7 Å². The van der Waals surface area contributed by atoms with Gasteiger partial charge < -0.3 is 5.32 Å². The number of hydrogen-bond donors (Lipinski definition) is 1. The number of aromatic nitrogens is 4. The molecule has 1 amide bonds. The van der Waals surface area contributed by atoms with E-state index in [1.54, 1.807) is 6.07 Å². The van der Waals surface area contributed by atoms with Gasteiger partial charge in [-0.3, -0.25) is 4.79 Å². The van der Waals surface area contributed by atoms with Gasteiger partial charge in [0.1, 0.15) is 11.5 Å². The van der Waals surface area contributed by atoms with Crippen LogP contribution in [0.5, 0.6) is 0 Å². The second-order valence-corrected chi connectivity index (χ2v) is 6.32. The van der Waals surface area contributed by atoms with Crippen molar-refractivity contribution in [2.45, 2.75) is 19.4 Å². The van der Waals surface area contributed by atoms with Crippen LogP contribution in [0.15, 0.2) is 52.6 Å². The van der Waals surface area contributed by atoms with Crippen molar-refractivity contribution in [3.63, 3.8) is 0 Å². The SMILES string of the molecule is CC(CNC(=O)Cn1nnn(-c2cccs2)c1=O)c1ccccc1. The van der Waals surface area contributed by atoms with Crippen molar-refractivity contribution in [2.24, 2.45) is 0 Å². The molecule has 24 heavy (non-hydrogen) atoms. The average molecular weight is 343 g/mol. The van der Waals surface area contributed by atoms with Crippen molar-refractivity contribution in [2.75, 3.05) is 6.54 Å². The van der Waals surface area contributed by atoms with E-state index in [-0.39, 0.29) is 18.4 Å². The van der Waals surface area contributed by atoms with Gasteiger partial charge in [0.25, 0.3) is 0 Å². The smallest absolute Gasteiger partial charge is 0.354 e. The van der Waals surface area contributed by atoms with Crippen LogP contribution in [0, 0.1) is 0 Å². The molecule has 3 rings (SSSR count). The number of amides is 1. The second kappa shape index (κ2) is 7.22. The summed E-state index contributed by atoms with van der Waals surface area (Å²) in [6.45, 7) is 2.39. The van der Waals surface area contributed by atoms with Crippen LogP contribution in [-0.4, -0.2) is 32.2 Å². The number of tetrazole rings is 1. The lowest BCUT2D eigenvalue weighted by Gasteiger charge is -2.12. The lowest BCUT2D eigenvalue weighted by atomic mass is 10.0. The fourth-order valence-corrected chi connectivity index (χ4v) is 2.93. The van der Waals surface area contributed by atoms with E-state index in [9.17, 15) is 9.59 Å². The molecule has 0 radical (unpaired) electrons. The summed E-state index contributed by atoms with van der Waals surface area (Å²) < 4.78 is 2.24. The summed E-state index contributed by atoms with van der Waals surface area (Å²) >= 11 is 1.38. The predicted octanol–water partition coefficient (Wildman–Crippen LogP) is 1.41. The number of nitrogens with zero attached hydrogens (tertiary/aromatic N) is 4. The number of benzene rings is 1. The van der Waals surface area contributed by atoms with E-state index in [4.69, 9.17) is 0 Å². The Bertz CT molecular complexity index is 854. The Morgan fingerprint density at radius 3 is 2.71 bits per heavy atom. The van der Waals surface area contributed by atoms with Crippen molar-refractivity contribution in [3.05, 3.63) is 63.9 Å². The molecule has 0 aliphatic heterocycles. The minimum Gasteiger partial charge on any atom is -0.354 e. The number of rotatable bonds is 6. The van der Waals surface area contributed by atoms with Crippen molar-refractivity contribution < 1.29 is 4.79 Å². The van der Waals surface area contributed by atoms with Gasteiger partial charge in [-0.1, -0.05) is 37.3 Å². The largest absolute Gasteiger partial charge is 0.369 e. The second-order valence-electron chi connectivity index (χ2n) is 5.40. The highest BCUT2D eigenvalue weighted by Crippen LogP contribution is 2.13. The van der Waals surface area contributed by atoms with Crippen LogP contribution >= 0.6 is 11.3 Å². The fraction of sp³-hybridized carbons (Fsp3) is 0.250. The van der Waals surface area contributed by atoms with Crippen LogP contribution in [-0.2, 0) is 11.3 Å². The Labute approximate surface area is 142 Å². The topological polar surface area (TPSA) is 81.8 Å². The molecule has 2 aromatic heterocycles. The zero-order chi connectivity index (χ0) is 16.9. The molecule has 7 nitrogen and oxygen atoms in total. The molecule has 1 aromatic carbocycles. The molecule has 1 atom stereocenters. The quantitative estimate of drug-likeness (QED) is 0.734. The maximum Gasteiger partial charge on any atom is 0.369 e. The molecular formula is C16H17N5O2S. The minimum absolute atomic E-state index is 0.147. The van der Waals surface area contributed by atoms with Gasteiger partial charge in [0.15, 0.2) is 0 Å². The molecule has 0 bridgehead atoms. The first kappa shape index (κ1) is 16.1. The van der Waals surface area contributed by atoms with Crippen LogP contribution < -0.4 is 11.0 Å². The molecule has 3 aromatic rings. The van der Waals surface area contributed by atoms with E-state index < -0.39 is 5.69 Å². The zero-order valence-corrected chi connectivity index (χ0v) is 13.9. The van der Waals surface area contributed by atoms with Crippen molar-refractivity contribution >= 4 is 17.2 Å². The predicted molar refractivity (Wildman–Crippen MR) is 91.4 cm³/mol. The van der Waals surface area contributed by atoms with Crippen molar-refractivity contribution in [1.82, 2.24) is 25.1 Å². The Hall–Kier alpha value is -2.74. The van der Waals surface area contributed by atoms with E-state index >= 15 is 0 Å². The summed E-state index contributed by atoms with van der Waals surface area (Å²) in [7, 11) is 0. The third kappa shape index (κ3) is 3.60. The summed E-state index contributed by atoms with van der Waals surface area (Å²) in [6.07, 6.45) is 0. The highest BCUT2D eigenvalue weighted by molar-refractivity contribution is 7.12. The molecule has 1 unspecified atom stereocenters. The number of carbonyl (C=O) groups excluding carboxylic acids is 1. The van der Waals surface area contributed by atoms with Gasteiger partial charge in [0.2, 0.25) is 5.91 Å². The van der Waals surface area contributed by atoms with Crippen LogP contribution in [0.4, 0.5) is 0 Å². The molecule has 8 heteroatoms. The summed E-state index contributed by atoms with van der Waals surface area (Å²) in [5.74, 6) is -0.0771. The van der Waals surface area contributed by atoms with E-state index in [0.717, 1.165) is 10.2 Å². The van der Waals surface area contributed by atoms with Crippen LogP contribution in [0.1, 0.15) is 18.4 Å². The monoisotopic (exact) mass is 343 g/mol. The lowest BCUT2D eigenvalue weighted by molar-refractivity contribution is -0.122. The maximum atomic E-state index is 12.2. The van der Waals surface area contributed by atoms with E-state index in [1.165, 1.54) is 16.0 Å². The van der Waals surface area contributed by atoms with Gasteiger partial charge in [-0.25, -0.2) is 4.79 Å². The third-order valence-electron chi connectivity index (χ3n) is 3.62. The fourth-order valence-electron chi connectivity index (χ4n) is 2.26.